The van der Waals surface area contributed by atoms with Crippen LogP contribution in [0, 0.1) is 17.2 Å². The van der Waals surface area contributed by atoms with Crippen LogP contribution in [0.3, 0.4) is 0 Å². The molecule has 0 spiro atoms. The van der Waals surface area contributed by atoms with E-state index in [1.165, 1.54) is 6.42 Å². The number of nitriles is 1. The first-order valence-corrected chi connectivity index (χ1v) is 5.09. The van der Waals surface area contributed by atoms with Crippen molar-refractivity contribution in [1.82, 2.24) is 5.32 Å². The Morgan fingerprint density at radius 2 is 2.38 bits per heavy atom. The van der Waals surface area contributed by atoms with Crippen molar-refractivity contribution in [2.75, 3.05) is 26.3 Å². The lowest BCUT2D eigenvalue weighted by Crippen LogP contribution is -2.23. The third-order valence-corrected chi connectivity index (χ3v) is 2.35. The lowest BCUT2D eigenvalue weighted by molar-refractivity contribution is 0.185. The Morgan fingerprint density at radius 1 is 1.46 bits per heavy atom. The van der Waals surface area contributed by atoms with Gasteiger partial charge >= 0.3 is 0 Å². The molecule has 1 aliphatic heterocycles. The number of rotatable bonds is 6. The number of nitrogens with one attached hydrogen (secondary N) is 1. The fourth-order valence-electron chi connectivity index (χ4n) is 1.50. The second-order valence-corrected chi connectivity index (χ2v) is 3.55. The molecule has 1 fully saturated rings. The number of ether oxygens (including phenoxy) is 1. The van der Waals surface area contributed by atoms with Crippen molar-refractivity contribution in [1.29, 1.82) is 5.26 Å². The Morgan fingerprint density at radius 3 is 3.08 bits per heavy atom. The van der Waals surface area contributed by atoms with Gasteiger partial charge in [-0.3, -0.25) is 0 Å². The molecule has 1 atom stereocenters. The summed E-state index contributed by atoms with van der Waals surface area (Å²) >= 11 is 0. The van der Waals surface area contributed by atoms with Crippen molar-refractivity contribution >= 4 is 0 Å². The zero-order chi connectivity index (χ0) is 9.36. The van der Waals surface area contributed by atoms with Gasteiger partial charge < -0.3 is 10.1 Å². The number of nitrogens with zero attached hydrogens (tertiary/aromatic N) is 1. The van der Waals surface area contributed by atoms with Crippen molar-refractivity contribution in [3.8, 4) is 6.07 Å². The number of unbranched alkanes of at least 4 members (excludes halogenated alkanes) is 2. The number of hydrogen-bond donors (Lipinski definition) is 1. The fourth-order valence-corrected chi connectivity index (χ4v) is 1.50. The minimum Gasteiger partial charge on any atom is -0.381 e. The van der Waals surface area contributed by atoms with Gasteiger partial charge in [-0.1, -0.05) is 0 Å². The minimum atomic E-state index is 0.689. The molecule has 1 unspecified atom stereocenters. The Kier molecular flexibility index (Phi) is 5.55. The Labute approximate surface area is 80.1 Å². The zero-order valence-electron chi connectivity index (χ0n) is 8.09. The summed E-state index contributed by atoms with van der Waals surface area (Å²) in [4.78, 5) is 0. The summed E-state index contributed by atoms with van der Waals surface area (Å²) in [5.41, 5.74) is 0. The van der Waals surface area contributed by atoms with E-state index in [9.17, 15) is 0 Å². The van der Waals surface area contributed by atoms with Crippen LogP contribution in [0.1, 0.15) is 25.7 Å². The highest BCUT2D eigenvalue weighted by Gasteiger charge is 2.14. The quantitative estimate of drug-likeness (QED) is 0.630. The molecule has 74 valence electrons. The molecule has 0 saturated carbocycles. The second-order valence-electron chi connectivity index (χ2n) is 3.55. The Bertz CT molecular complexity index is 159. The molecule has 3 heteroatoms. The van der Waals surface area contributed by atoms with E-state index in [4.69, 9.17) is 10.00 Å². The highest BCUT2D eigenvalue weighted by molar-refractivity contribution is 4.69. The standard InChI is InChI=1S/C10H18N2O/c11-5-2-1-3-6-12-8-10-4-7-13-9-10/h10,12H,1-4,6-9H2. The van der Waals surface area contributed by atoms with E-state index < -0.39 is 0 Å². The van der Waals surface area contributed by atoms with E-state index in [-0.39, 0.29) is 0 Å². The average Bonchev–Trinajstić information content (AvgIpc) is 2.63. The van der Waals surface area contributed by atoms with Crippen LogP contribution in [0.5, 0.6) is 0 Å². The van der Waals surface area contributed by atoms with E-state index in [0.29, 0.717) is 6.42 Å². The molecule has 0 aliphatic carbocycles. The molecule has 0 radical (unpaired) electrons. The minimum absolute atomic E-state index is 0.689. The second kappa shape index (κ2) is 6.88. The smallest absolute Gasteiger partial charge is 0.0621 e. The van der Waals surface area contributed by atoms with Crippen LogP contribution in [-0.2, 0) is 4.74 Å². The number of hydrogen-bond acceptors (Lipinski definition) is 3. The molecule has 1 heterocycles. The van der Waals surface area contributed by atoms with Crippen LogP contribution in [0.15, 0.2) is 0 Å². The SMILES string of the molecule is N#CCCCCNCC1CCOC1. The van der Waals surface area contributed by atoms with Crippen molar-refractivity contribution in [3.63, 3.8) is 0 Å². The molecule has 1 saturated heterocycles. The summed E-state index contributed by atoms with van der Waals surface area (Å²) in [5, 5.41) is 11.7. The molecule has 0 aromatic rings. The van der Waals surface area contributed by atoms with Gasteiger partial charge in [-0.25, -0.2) is 0 Å². The predicted molar refractivity (Wildman–Crippen MR) is 51.3 cm³/mol. The molecular weight excluding hydrogens is 164 g/mol. The molecule has 0 aromatic heterocycles. The van der Waals surface area contributed by atoms with Gasteiger partial charge in [0.2, 0.25) is 0 Å². The first-order chi connectivity index (χ1) is 6.43. The summed E-state index contributed by atoms with van der Waals surface area (Å²) in [5.74, 6) is 0.718. The topological polar surface area (TPSA) is 45.0 Å². The third kappa shape index (κ3) is 4.87. The van der Waals surface area contributed by atoms with E-state index in [1.54, 1.807) is 0 Å². The lowest BCUT2D eigenvalue weighted by Gasteiger charge is -2.08. The molecule has 1 N–H and O–H groups in total. The van der Waals surface area contributed by atoms with Crippen molar-refractivity contribution in [2.24, 2.45) is 5.92 Å². The summed E-state index contributed by atoms with van der Waals surface area (Å²) in [7, 11) is 0. The molecule has 1 aliphatic rings. The van der Waals surface area contributed by atoms with E-state index >= 15 is 0 Å². The van der Waals surface area contributed by atoms with Crippen LogP contribution in [0.4, 0.5) is 0 Å². The van der Waals surface area contributed by atoms with Gasteiger partial charge in [0, 0.05) is 19.6 Å². The van der Waals surface area contributed by atoms with Crippen molar-refractivity contribution < 1.29 is 4.74 Å². The summed E-state index contributed by atoms with van der Waals surface area (Å²) < 4.78 is 5.27. The monoisotopic (exact) mass is 182 g/mol. The maximum absolute atomic E-state index is 8.31. The van der Waals surface area contributed by atoms with Gasteiger partial charge in [-0.15, -0.1) is 0 Å². The molecular formula is C10H18N2O. The largest absolute Gasteiger partial charge is 0.381 e. The summed E-state index contributed by atoms with van der Waals surface area (Å²) in [6, 6.07) is 2.15. The molecule has 0 amide bonds. The van der Waals surface area contributed by atoms with Gasteiger partial charge in [0.15, 0.2) is 0 Å². The van der Waals surface area contributed by atoms with Crippen LogP contribution in [-0.4, -0.2) is 26.3 Å². The van der Waals surface area contributed by atoms with Crippen molar-refractivity contribution in [3.05, 3.63) is 0 Å². The maximum Gasteiger partial charge on any atom is 0.0621 e. The highest BCUT2D eigenvalue weighted by Crippen LogP contribution is 2.10. The van der Waals surface area contributed by atoms with Crippen molar-refractivity contribution in [2.45, 2.75) is 25.7 Å². The first kappa shape index (κ1) is 10.5. The van der Waals surface area contributed by atoms with E-state index in [1.807, 2.05) is 0 Å². The fraction of sp³-hybridized carbons (Fsp3) is 0.900. The third-order valence-electron chi connectivity index (χ3n) is 2.35. The first-order valence-electron chi connectivity index (χ1n) is 5.09. The summed E-state index contributed by atoms with van der Waals surface area (Å²) in [6.07, 6.45) is 4.02. The summed E-state index contributed by atoms with van der Waals surface area (Å²) in [6.45, 7) is 3.97. The normalized spacial score (nSPS) is 21.6. The molecule has 0 bridgehead atoms. The van der Waals surface area contributed by atoms with Gasteiger partial charge in [0.1, 0.15) is 0 Å². The van der Waals surface area contributed by atoms with Gasteiger partial charge in [0.05, 0.1) is 12.7 Å². The molecule has 3 nitrogen and oxygen atoms in total. The average molecular weight is 182 g/mol. The van der Waals surface area contributed by atoms with Gasteiger partial charge in [0.25, 0.3) is 0 Å². The van der Waals surface area contributed by atoms with Crippen LogP contribution >= 0.6 is 0 Å². The van der Waals surface area contributed by atoms with Gasteiger partial charge in [-0.2, -0.15) is 5.26 Å². The van der Waals surface area contributed by atoms with Crippen LogP contribution in [0.2, 0.25) is 0 Å². The van der Waals surface area contributed by atoms with E-state index in [2.05, 4.69) is 11.4 Å². The molecule has 1 rings (SSSR count). The Hall–Kier alpha value is -0.590. The van der Waals surface area contributed by atoms with Gasteiger partial charge in [-0.05, 0) is 31.7 Å². The Balaban J connectivity index is 1.81. The molecule has 13 heavy (non-hydrogen) atoms. The highest BCUT2D eigenvalue weighted by atomic mass is 16.5. The van der Waals surface area contributed by atoms with Crippen LogP contribution < -0.4 is 5.32 Å². The maximum atomic E-state index is 8.31. The van der Waals surface area contributed by atoms with Crippen LogP contribution in [0.25, 0.3) is 0 Å². The lowest BCUT2D eigenvalue weighted by atomic mass is 10.1. The molecule has 0 aromatic carbocycles. The predicted octanol–water partition coefficient (Wildman–Crippen LogP) is 1.31. The zero-order valence-corrected chi connectivity index (χ0v) is 8.09. The van der Waals surface area contributed by atoms with E-state index in [0.717, 1.165) is 45.1 Å².